The highest BCUT2D eigenvalue weighted by atomic mass is 35.5. The number of amides is 1. The summed E-state index contributed by atoms with van der Waals surface area (Å²) in [5, 5.41) is 4.00. The van der Waals surface area contributed by atoms with Crippen molar-refractivity contribution >= 4 is 46.2 Å². The van der Waals surface area contributed by atoms with Crippen molar-refractivity contribution in [3.05, 3.63) is 57.5 Å². The number of halogens is 1. The standard InChI is InChI=1S/C22H23ClN2O3S/c1-4-5-10-28-18-9-6-15(12-19(18)27-3)13-20-21(26)25-22(29-20)24-17-8-7-16(23)11-14(17)2/h6-9,11-13H,4-5,10H2,1-3H3,(H,24,25,26)/b20-13-. The summed E-state index contributed by atoms with van der Waals surface area (Å²) in [5.41, 5.74) is 2.57. The Morgan fingerprint density at radius 1 is 1.21 bits per heavy atom. The zero-order valence-electron chi connectivity index (χ0n) is 16.6. The molecule has 1 heterocycles. The number of methoxy groups -OCH3 is 1. The first-order chi connectivity index (χ1) is 14.0. The molecule has 0 unspecified atom stereocenters. The van der Waals surface area contributed by atoms with Crippen LogP contribution in [0.25, 0.3) is 6.08 Å². The molecule has 7 heteroatoms. The number of aliphatic imine (C=N–C) groups is 1. The van der Waals surface area contributed by atoms with E-state index >= 15 is 0 Å². The smallest absolute Gasteiger partial charge is 0.264 e. The van der Waals surface area contributed by atoms with Crippen molar-refractivity contribution < 1.29 is 14.3 Å². The van der Waals surface area contributed by atoms with Crippen LogP contribution in [0.1, 0.15) is 30.9 Å². The Bertz CT molecular complexity index is 973. The fourth-order valence-corrected chi connectivity index (χ4v) is 3.77. The Labute approximate surface area is 180 Å². The molecular weight excluding hydrogens is 408 g/mol. The lowest BCUT2D eigenvalue weighted by molar-refractivity contribution is -0.115. The first-order valence-electron chi connectivity index (χ1n) is 9.36. The molecule has 0 atom stereocenters. The van der Waals surface area contributed by atoms with Gasteiger partial charge in [0.15, 0.2) is 16.7 Å². The topological polar surface area (TPSA) is 59.9 Å². The van der Waals surface area contributed by atoms with Gasteiger partial charge >= 0.3 is 0 Å². The van der Waals surface area contributed by atoms with Crippen LogP contribution < -0.4 is 14.8 Å². The third-order valence-electron chi connectivity index (χ3n) is 4.27. The molecule has 0 spiro atoms. The minimum Gasteiger partial charge on any atom is -0.493 e. The number of nitrogens with one attached hydrogen (secondary N) is 1. The number of hydrogen-bond acceptors (Lipinski definition) is 5. The maximum atomic E-state index is 12.4. The fourth-order valence-electron chi connectivity index (χ4n) is 2.71. The summed E-state index contributed by atoms with van der Waals surface area (Å²) in [5.74, 6) is 1.17. The number of rotatable bonds is 7. The number of aryl methyl sites for hydroxylation is 1. The lowest BCUT2D eigenvalue weighted by Crippen LogP contribution is -2.19. The van der Waals surface area contributed by atoms with E-state index in [2.05, 4.69) is 17.2 Å². The van der Waals surface area contributed by atoms with Gasteiger partial charge in [-0.2, -0.15) is 0 Å². The van der Waals surface area contributed by atoms with E-state index in [4.69, 9.17) is 21.1 Å². The molecule has 0 aliphatic carbocycles. The van der Waals surface area contributed by atoms with Gasteiger partial charge in [-0.05, 0) is 72.6 Å². The molecule has 2 aromatic rings. The predicted octanol–water partition coefficient (Wildman–Crippen LogP) is 5.73. The molecule has 1 aliphatic rings. The molecule has 1 amide bonds. The van der Waals surface area contributed by atoms with Crippen LogP contribution in [0.5, 0.6) is 11.5 Å². The molecule has 0 aromatic heterocycles. The molecule has 152 valence electrons. The highest BCUT2D eigenvalue weighted by molar-refractivity contribution is 8.18. The monoisotopic (exact) mass is 430 g/mol. The number of amidine groups is 1. The first kappa shape index (κ1) is 21.3. The van der Waals surface area contributed by atoms with Crippen LogP contribution in [0.2, 0.25) is 5.02 Å². The molecule has 3 rings (SSSR count). The van der Waals surface area contributed by atoms with E-state index in [-0.39, 0.29) is 5.91 Å². The highest BCUT2D eigenvalue weighted by Crippen LogP contribution is 2.33. The minimum atomic E-state index is -0.178. The summed E-state index contributed by atoms with van der Waals surface area (Å²) in [6, 6.07) is 11.1. The van der Waals surface area contributed by atoms with Crippen LogP contribution in [0, 0.1) is 6.92 Å². The van der Waals surface area contributed by atoms with Gasteiger partial charge in [0.2, 0.25) is 0 Å². The Morgan fingerprint density at radius 3 is 2.76 bits per heavy atom. The SMILES string of the molecule is CCCCOc1ccc(/C=C2\SC(=Nc3ccc(Cl)cc3C)NC2=O)cc1OC. The summed E-state index contributed by atoms with van der Waals surface area (Å²) >= 11 is 7.29. The van der Waals surface area contributed by atoms with Gasteiger partial charge in [-0.3, -0.25) is 4.79 Å². The molecule has 0 bridgehead atoms. The highest BCUT2D eigenvalue weighted by Gasteiger charge is 2.24. The number of benzene rings is 2. The number of ether oxygens (including phenoxy) is 2. The van der Waals surface area contributed by atoms with Crippen LogP contribution in [0.15, 0.2) is 46.3 Å². The fraction of sp³-hybridized carbons (Fsp3) is 0.273. The predicted molar refractivity (Wildman–Crippen MR) is 120 cm³/mol. The molecule has 0 saturated carbocycles. The molecule has 1 aliphatic heterocycles. The Kier molecular flexibility index (Phi) is 7.23. The van der Waals surface area contributed by atoms with E-state index < -0.39 is 0 Å². The first-order valence-corrected chi connectivity index (χ1v) is 10.6. The molecule has 5 nitrogen and oxygen atoms in total. The van der Waals surface area contributed by atoms with E-state index in [1.165, 1.54) is 11.8 Å². The van der Waals surface area contributed by atoms with Gasteiger partial charge in [0.05, 0.1) is 24.3 Å². The van der Waals surface area contributed by atoms with Crippen molar-refractivity contribution in [1.82, 2.24) is 5.32 Å². The second-order valence-electron chi connectivity index (χ2n) is 6.52. The molecule has 2 aromatic carbocycles. The van der Waals surface area contributed by atoms with E-state index in [0.717, 1.165) is 29.7 Å². The molecule has 1 fully saturated rings. The Balaban J connectivity index is 1.78. The van der Waals surface area contributed by atoms with Crippen molar-refractivity contribution in [2.45, 2.75) is 26.7 Å². The minimum absolute atomic E-state index is 0.178. The average molecular weight is 431 g/mol. The van der Waals surface area contributed by atoms with Crippen LogP contribution >= 0.6 is 23.4 Å². The number of carbonyl (C=O) groups is 1. The van der Waals surface area contributed by atoms with E-state index in [1.807, 2.05) is 43.3 Å². The van der Waals surface area contributed by atoms with E-state index in [0.29, 0.717) is 33.2 Å². The van der Waals surface area contributed by atoms with Crippen molar-refractivity contribution in [1.29, 1.82) is 0 Å². The zero-order chi connectivity index (χ0) is 20.8. The number of thioether (sulfide) groups is 1. The maximum Gasteiger partial charge on any atom is 0.264 e. The molecule has 29 heavy (non-hydrogen) atoms. The normalized spacial score (nSPS) is 16.3. The summed E-state index contributed by atoms with van der Waals surface area (Å²) in [4.78, 5) is 17.5. The lowest BCUT2D eigenvalue weighted by Gasteiger charge is -2.11. The second-order valence-corrected chi connectivity index (χ2v) is 7.99. The molecule has 0 radical (unpaired) electrons. The number of nitrogens with zero attached hydrogens (tertiary/aromatic N) is 1. The van der Waals surface area contributed by atoms with Crippen molar-refractivity contribution in [2.75, 3.05) is 13.7 Å². The van der Waals surface area contributed by atoms with Gasteiger partial charge in [-0.15, -0.1) is 0 Å². The summed E-state index contributed by atoms with van der Waals surface area (Å²) in [6.45, 7) is 4.70. The van der Waals surface area contributed by atoms with Crippen LogP contribution in [-0.4, -0.2) is 24.8 Å². The van der Waals surface area contributed by atoms with Crippen LogP contribution in [0.4, 0.5) is 5.69 Å². The van der Waals surface area contributed by atoms with Crippen LogP contribution in [0.3, 0.4) is 0 Å². The zero-order valence-corrected chi connectivity index (χ0v) is 18.2. The van der Waals surface area contributed by atoms with Gasteiger partial charge in [0.25, 0.3) is 5.91 Å². The molecule has 1 N–H and O–H groups in total. The summed E-state index contributed by atoms with van der Waals surface area (Å²) in [6.07, 6.45) is 3.87. The quantitative estimate of drug-likeness (QED) is 0.450. The van der Waals surface area contributed by atoms with Crippen molar-refractivity contribution in [2.24, 2.45) is 4.99 Å². The molecule has 1 saturated heterocycles. The van der Waals surface area contributed by atoms with Crippen LogP contribution in [-0.2, 0) is 4.79 Å². The molecular formula is C22H23ClN2O3S. The third-order valence-corrected chi connectivity index (χ3v) is 5.42. The Hall–Kier alpha value is -2.44. The second kappa shape index (κ2) is 9.85. The lowest BCUT2D eigenvalue weighted by atomic mass is 10.2. The summed E-state index contributed by atoms with van der Waals surface area (Å²) < 4.78 is 11.2. The Morgan fingerprint density at radius 2 is 2.03 bits per heavy atom. The average Bonchev–Trinajstić information content (AvgIpc) is 3.04. The number of hydrogen-bond donors (Lipinski definition) is 1. The van der Waals surface area contributed by atoms with Gasteiger partial charge in [-0.25, -0.2) is 4.99 Å². The third kappa shape index (κ3) is 5.55. The van der Waals surface area contributed by atoms with Gasteiger partial charge in [0, 0.05) is 5.02 Å². The summed E-state index contributed by atoms with van der Waals surface area (Å²) in [7, 11) is 1.61. The van der Waals surface area contributed by atoms with Crippen molar-refractivity contribution in [3.8, 4) is 11.5 Å². The van der Waals surface area contributed by atoms with Gasteiger partial charge in [-0.1, -0.05) is 31.0 Å². The maximum absolute atomic E-state index is 12.4. The van der Waals surface area contributed by atoms with E-state index in [1.54, 1.807) is 13.2 Å². The van der Waals surface area contributed by atoms with Gasteiger partial charge in [0.1, 0.15) is 0 Å². The van der Waals surface area contributed by atoms with Crippen molar-refractivity contribution in [3.63, 3.8) is 0 Å². The van der Waals surface area contributed by atoms with E-state index in [9.17, 15) is 4.79 Å². The largest absolute Gasteiger partial charge is 0.493 e. The number of unbranched alkanes of at least 4 members (excludes halogenated alkanes) is 1. The van der Waals surface area contributed by atoms with Gasteiger partial charge < -0.3 is 14.8 Å². The number of carbonyl (C=O) groups excluding carboxylic acids is 1.